The van der Waals surface area contributed by atoms with Gasteiger partial charge in [-0.1, -0.05) is 89.1 Å². The maximum Gasteiger partial charge on any atom is 0.188 e. The fourth-order valence-electron chi connectivity index (χ4n) is 4.33. The maximum atomic E-state index is 7.06. The molecule has 0 spiro atoms. The molecule has 4 rings (SSSR count). The zero-order chi connectivity index (χ0) is 17.7. The molecule has 0 aromatic heterocycles. The Morgan fingerprint density at radius 3 is 1.68 bits per heavy atom. The highest BCUT2D eigenvalue weighted by molar-refractivity contribution is 7.18. The molecule has 25 heavy (non-hydrogen) atoms. The van der Waals surface area contributed by atoms with Gasteiger partial charge in [0.25, 0.3) is 0 Å². The van der Waals surface area contributed by atoms with Crippen molar-refractivity contribution in [3.63, 3.8) is 0 Å². The first-order valence-corrected chi connectivity index (χ1v) is 11.9. The zero-order valence-corrected chi connectivity index (χ0v) is 16.4. The van der Waals surface area contributed by atoms with Crippen LogP contribution in [-0.4, -0.2) is 14.7 Å². The largest absolute Gasteiger partial charge is 0.621 e. The molecule has 0 radical (unpaired) electrons. The van der Waals surface area contributed by atoms with E-state index in [-0.39, 0.29) is 0 Å². The molecule has 1 aliphatic rings. The van der Waals surface area contributed by atoms with Crippen LogP contribution in [0.3, 0.4) is 0 Å². The van der Waals surface area contributed by atoms with Crippen LogP contribution < -0.4 is 21.6 Å². The van der Waals surface area contributed by atoms with Gasteiger partial charge in [0.15, 0.2) is 14.7 Å². The van der Waals surface area contributed by atoms with Crippen molar-refractivity contribution in [3.05, 3.63) is 83.9 Å². The lowest BCUT2D eigenvalue weighted by molar-refractivity contribution is 0.596. The molecule has 0 bridgehead atoms. The maximum absolute atomic E-state index is 7.06. The number of benzene rings is 3. The van der Waals surface area contributed by atoms with Gasteiger partial charge in [0.1, 0.15) is 0 Å². The summed E-state index contributed by atoms with van der Waals surface area (Å²) < 4.78 is 7.06. The van der Waals surface area contributed by atoms with Gasteiger partial charge in [0.05, 0.1) is 0 Å². The Morgan fingerprint density at radius 1 is 0.680 bits per heavy atom. The van der Waals surface area contributed by atoms with Gasteiger partial charge in [-0.05, 0) is 26.9 Å². The van der Waals surface area contributed by atoms with Gasteiger partial charge in [-0.25, -0.2) is 0 Å². The molecular weight excluding hydrogens is 319 g/mol. The van der Waals surface area contributed by atoms with Crippen molar-refractivity contribution in [1.82, 2.24) is 0 Å². The van der Waals surface area contributed by atoms with E-state index in [2.05, 4.69) is 99.7 Å². The van der Waals surface area contributed by atoms with Crippen LogP contribution in [0.2, 0.25) is 13.1 Å². The van der Waals surface area contributed by atoms with Gasteiger partial charge in [-0.15, -0.1) is 0 Å². The molecular formula is C22H24BOSi-. The molecule has 3 heteroatoms. The molecule has 1 nitrogen and oxygen atoms in total. The molecule has 0 aliphatic carbocycles. The van der Waals surface area contributed by atoms with Crippen molar-refractivity contribution in [2.45, 2.75) is 26.9 Å². The molecule has 0 N–H and O–H groups in total. The van der Waals surface area contributed by atoms with Crippen molar-refractivity contribution in [2.24, 2.45) is 0 Å². The number of rotatable bonds is 2. The summed E-state index contributed by atoms with van der Waals surface area (Å²) in [6.07, 6.45) is -1.37. The summed E-state index contributed by atoms with van der Waals surface area (Å²) in [5.74, 6) is 0. The zero-order valence-electron chi connectivity index (χ0n) is 15.4. The summed E-state index contributed by atoms with van der Waals surface area (Å²) in [6, 6.07) is 26.6. The minimum Gasteiger partial charge on any atom is -0.621 e. The Hall–Kier alpha value is -2.10. The fourth-order valence-corrected chi connectivity index (χ4v) is 7.22. The van der Waals surface area contributed by atoms with Crippen molar-refractivity contribution < 1.29 is 4.34 Å². The molecule has 0 saturated carbocycles. The van der Waals surface area contributed by atoms with Crippen molar-refractivity contribution in [1.29, 1.82) is 0 Å². The average Bonchev–Trinajstić information content (AvgIpc) is 2.85. The van der Waals surface area contributed by atoms with E-state index in [4.69, 9.17) is 4.34 Å². The SMILES string of the molecule is Cc1ccc([B-]2(c3ccc(C)cc3)O[Si](C)(C)c3ccccc32)cc1. The Bertz CT molecular complexity index is 868. The highest BCUT2D eigenvalue weighted by Gasteiger charge is 2.45. The lowest BCUT2D eigenvalue weighted by Crippen LogP contribution is -2.68. The lowest BCUT2D eigenvalue weighted by Gasteiger charge is -2.42. The number of fused-ring (bicyclic) bond motifs is 1. The normalized spacial score (nSPS) is 17.3. The summed E-state index contributed by atoms with van der Waals surface area (Å²) >= 11 is 0. The summed E-state index contributed by atoms with van der Waals surface area (Å²) in [7, 11) is -1.96. The van der Waals surface area contributed by atoms with E-state index >= 15 is 0 Å². The molecule has 1 heterocycles. The van der Waals surface area contributed by atoms with Gasteiger partial charge >= 0.3 is 0 Å². The van der Waals surface area contributed by atoms with Crippen LogP contribution in [-0.2, 0) is 4.34 Å². The molecule has 1 aliphatic heterocycles. The third kappa shape index (κ3) is 2.50. The summed E-state index contributed by atoms with van der Waals surface area (Å²) in [5, 5.41) is 1.43. The highest BCUT2D eigenvalue weighted by Crippen LogP contribution is 2.22. The monoisotopic (exact) mass is 343 g/mol. The van der Waals surface area contributed by atoms with Gasteiger partial charge < -0.3 is 4.34 Å². The Morgan fingerprint density at radius 2 is 1.16 bits per heavy atom. The molecule has 0 saturated heterocycles. The minimum atomic E-state index is -1.96. The van der Waals surface area contributed by atoms with Crippen molar-refractivity contribution in [2.75, 3.05) is 0 Å². The van der Waals surface area contributed by atoms with E-state index in [1.807, 2.05) is 0 Å². The number of aryl methyl sites for hydroxylation is 2. The van der Waals surface area contributed by atoms with Crippen LogP contribution in [0.15, 0.2) is 72.8 Å². The summed E-state index contributed by atoms with van der Waals surface area (Å²) in [4.78, 5) is 0. The Kier molecular flexibility index (Phi) is 3.75. The van der Waals surface area contributed by atoms with Crippen LogP contribution in [0.1, 0.15) is 11.1 Å². The smallest absolute Gasteiger partial charge is 0.188 e. The van der Waals surface area contributed by atoms with Crippen molar-refractivity contribution in [3.8, 4) is 0 Å². The molecule has 3 aromatic rings. The topological polar surface area (TPSA) is 9.23 Å². The van der Waals surface area contributed by atoms with Gasteiger partial charge in [-0.3, -0.25) is 0 Å². The van der Waals surface area contributed by atoms with Gasteiger partial charge in [-0.2, -0.15) is 16.4 Å². The van der Waals surface area contributed by atoms with Crippen LogP contribution in [0.5, 0.6) is 0 Å². The third-order valence-electron chi connectivity index (χ3n) is 5.61. The molecule has 0 unspecified atom stereocenters. The molecule has 126 valence electrons. The second-order valence-electron chi connectivity index (χ2n) is 7.82. The molecule has 3 aromatic carbocycles. The van der Waals surface area contributed by atoms with E-state index < -0.39 is 14.7 Å². The van der Waals surface area contributed by atoms with E-state index in [0.29, 0.717) is 0 Å². The first-order valence-electron chi connectivity index (χ1n) is 9.03. The van der Waals surface area contributed by atoms with Crippen LogP contribution >= 0.6 is 0 Å². The van der Waals surface area contributed by atoms with Crippen molar-refractivity contribution >= 4 is 36.2 Å². The van der Waals surface area contributed by atoms with E-state index in [1.165, 1.54) is 32.7 Å². The predicted molar refractivity (Wildman–Crippen MR) is 112 cm³/mol. The molecule has 0 amide bonds. The first-order chi connectivity index (χ1) is 11.9. The second-order valence-corrected chi connectivity index (χ2v) is 11.6. The average molecular weight is 343 g/mol. The lowest BCUT2D eigenvalue weighted by atomic mass is 9.29. The third-order valence-corrected chi connectivity index (χ3v) is 8.31. The van der Waals surface area contributed by atoms with E-state index in [1.54, 1.807) is 0 Å². The molecule has 0 atom stereocenters. The Balaban J connectivity index is 2.05. The summed E-state index contributed by atoms with van der Waals surface area (Å²) in [6.45, 7) is 8.91. The Labute approximate surface area is 151 Å². The van der Waals surface area contributed by atoms with Gasteiger partial charge in [0.2, 0.25) is 0 Å². The second kappa shape index (κ2) is 5.72. The molecule has 0 fully saturated rings. The minimum absolute atomic E-state index is 1.28. The predicted octanol–water partition coefficient (Wildman–Crippen LogP) is 2.71. The highest BCUT2D eigenvalue weighted by atomic mass is 28.4. The van der Waals surface area contributed by atoms with Crippen LogP contribution in [0.25, 0.3) is 0 Å². The summed E-state index contributed by atoms with van der Waals surface area (Å²) in [5.41, 5.74) is 6.48. The van der Waals surface area contributed by atoms with E-state index in [0.717, 1.165) is 0 Å². The quantitative estimate of drug-likeness (QED) is 0.650. The fraction of sp³-hybridized carbons (Fsp3) is 0.182. The van der Waals surface area contributed by atoms with Crippen LogP contribution in [0, 0.1) is 13.8 Å². The first kappa shape index (κ1) is 16.4. The van der Waals surface area contributed by atoms with Crippen LogP contribution in [0.4, 0.5) is 0 Å². The van der Waals surface area contributed by atoms with Gasteiger partial charge in [0, 0.05) is 0 Å². The number of hydrogen-bond acceptors (Lipinski definition) is 1. The number of hydrogen-bond donors (Lipinski definition) is 0. The van der Waals surface area contributed by atoms with E-state index in [9.17, 15) is 0 Å². The standard InChI is InChI=1S/C22H24BOSi/c1-17-9-13-19(14-10-17)23(20-15-11-18(2)12-16-20)21-7-5-6-8-22(21)25(3,4)24-23/h5-16H,1-4H3/q-1.